The van der Waals surface area contributed by atoms with Gasteiger partial charge in [-0.1, -0.05) is 25.6 Å². The van der Waals surface area contributed by atoms with Crippen LogP contribution in [-0.2, 0) is 0 Å². The molecule has 0 bridgehead atoms. The summed E-state index contributed by atoms with van der Waals surface area (Å²) in [5.41, 5.74) is 7.72. The van der Waals surface area contributed by atoms with Gasteiger partial charge in [0.15, 0.2) is 0 Å². The normalized spacial score (nSPS) is 23.1. The fraction of sp³-hybridized carbons (Fsp3) is 0.562. The quantitative estimate of drug-likeness (QED) is 0.846. The molecule has 1 saturated carbocycles. The van der Waals surface area contributed by atoms with Gasteiger partial charge in [-0.05, 0) is 62.3 Å². The first kappa shape index (κ1) is 14.3. The van der Waals surface area contributed by atoms with Gasteiger partial charge in [0.05, 0.1) is 0 Å². The van der Waals surface area contributed by atoms with Crippen LogP contribution in [0.25, 0.3) is 0 Å². The molecule has 0 spiro atoms. The molecule has 2 unspecified atom stereocenters. The van der Waals surface area contributed by atoms with Crippen LogP contribution in [0, 0.1) is 12.8 Å². The summed E-state index contributed by atoms with van der Waals surface area (Å²) in [5.74, 6) is 1.65. The average molecular weight is 277 g/mol. The van der Waals surface area contributed by atoms with Crippen molar-refractivity contribution in [3.63, 3.8) is 0 Å². The lowest BCUT2D eigenvalue weighted by Gasteiger charge is -2.31. The molecule has 2 rings (SSSR count). The molecule has 104 valence electrons. The van der Waals surface area contributed by atoms with Crippen LogP contribution in [0.3, 0.4) is 0 Å². The van der Waals surface area contributed by atoms with Gasteiger partial charge in [-0.2, -0.15) is 0 Å². The minimum Gasteiger partial charge on any atom is -0.490 e. The first-order valence-electron chi connectivity index (χ1n) is 7.19. The van der Waals surface area contributed by atoms with E-state index >= 15 is 0 Å². The smallest absolute Gasteiger partial charge is 0.120 e. The number of ether oxygens (including phenoxy) is 1. The second-order valence-corrected chi connectivity index (χ2v) is 5.89. The molecule has 1 aliphatic carbocycles. The third-order valence-corrected chi connectivity index (χ3v) is 4.33. The largest absolute Gasteiger partial charge is 0.490 e. The number of nitrogens with two attached hydrogens (primary N) is 1. The van der Waals surface area contributed by atoms with Crippen molar-refractivity contribution in [3.05, 3.63) is 29.3 Å². The van der Waals surface area contributed by atoms with Crippen molar-refractivity contribution in [1.29, 1.82) is 0 Å². The van der Waals surface area contributed by atoms with E-state index in [-0.39, 0.29) is 0 Å². The Morgan fingerprint density at radius 2 is 2.11 bits per heavy atom. The maximum atomic E-state index is 6.19. The topological polar surface area (TPSA) is 35.2 Å². The molecular formula is C16H23NOS. The highest BCUT2D eigenvalue weighted by Crippen LogP contribution is 2.31. The van der Waals surface area contributed by atoms with Gasteiger partial charge >= 0.3 is 0 Å². The summed E-state index contributed by atoms with van der Waals surface area (Å²) in [6.45, 7) is 4.28. The van der Waals surface area contributed by atoms with Crippen molar-refractivity contribution >= 4 is 17.2 Å². The number of benzene rings is 1. The maximum Gasteiger partial charge on any atom is 0.120 e. The van der Waals surface area contributed by atoms with E-state index in [4.69, 9.17) is 22.7 Å². The van der Waals surface area contributed by atoms with Crippen molar-refractivity contribution in [2.45, 2.75) is 52.1 Å². The highest BCUT2D eigenvalue weighted by atomic mass is 32.1. The lowest BCUT2D eigenvalue weighted by atomic mass is 9.85. The monoisotopic (exact) mass is 277 g/mol. The van der Waals surface area contributed by atoms with Crippen LogP contribution in [0.15, 0.2) is 18.2 Å². The Morgan fingerprint density at radius 1 is 1.37 bits per heavy atom. The third kappa shape index (κ3) is 3.47. The number of rotatable bonds is 4. The summed E-state index contributed by atoms with van der Waals surface area (Å²) in [6, 6.07) is 6.01. The third-order valence-electron chi connectivity index (χ3n) is 4.11. The van der Waals surface area contributed by atoms with E-state index < -0.39 is 0 Å². The lowest BCUT2D eigenvalue weighted by molar-refractivity contribution is 0.0903. The van der Waals surface area contributed by atoms with Crippen molar-refractivity contribution in [3.8, 4) is 5.75 Å². The summed E-state index contributed by atoms with van der Waals surface area (Å²) in [6.07, 6.45) is 6.67. The van der Waals surface area contributed by atoms with Gasteiger partial charge in [0.25, 0.3) is 0 Å². The van der Waals surface area contributed by atoms with Crippen molar-refractivity contribution in [2.24, 2.45) is 11.7 Å². The molecule has 2 nitrogen and oxygen atoms in total. The minimum absolute atomic E-state index is 0.369. The van der Waals surface area contributed by atoms with E-state index in [1.54, 1.807) is 0 Å². The van der Waals surface area contributed by atoms with E-state index in [0.29, 0.717) is 17.0 Å². The molecule has 0 saturated heterocycles. The van der Waals surface area contributed by atoms with Gasteiger partial charge in [0.2, 0.25) is 0 Å². The van der Waals surface area contributed by atoms with E-state index in [1.807, 2.05) is 19.1 Å². The minimum atomic E-state index is 0.369. The number of thiocarbonyl (C=S) groups is 1. The maximum absolute atomic E-state index is 6.19. The molecule has 1 aliphatic rings. The summed E-state index contributed by atoms with van der Waals surface area (Å²) in [5, 5.41) is 0. The predicted octanol–water partition coefficient (Wildman–Crippen LogP) is 3.98. The van der Waals surface area contributed by atoms with E-state index in [0.717, 1.165) is 16.9 Å². The Bertz CT molecular complexity index is 458. The van der Waals surface area contributed by atoms with Crippen LogP contribution >= 0.6 is 12.2 Å². The second kappa shape index (κ2) is 6.38. The summed E-state index contributed by atoms with van der Waals surface area (Å²) in [7, 11) is 0. The molecule has 1 aromatic rings. The Balaban J connectivity index is 2.10. The molecule has 1 fully saturated rings. The van der Waals surface area contributed by atoms with Gasteiger partial charge < -0.3 is 10.5 Å². The Morgan fingerprint density at radius 3 is 2.74 bits per heavy atom. The molecule has 2 N–H and O–H groups in total. The SMILES string of the molecule is CCC1CCCCC1Oc1ccc(C(N)=S)c(C)c1. The average Bonchev–Trinajstić information content (AvgIpc) is 2.39. The molecule has 3 heteroatoms. The van der Waals surface area contributed by atoms with Crippen molar-refractivity contribution in [2.75, 3.05) is 0 Å². The zero-order valence-electron chi connectivity index (χ0n) is 11.8. The molecule has 0 radical (unpaired) electrons. The molecule has 2 atom stereocenters. The van der Waals surface area contributed by atoms with E-state index in [9.17, 15) is 0 Å². The van der Waals surface area contributed by atoms with Gasteiger partial charge in [0, 0.05) is 5.56 Å². The lowest BCUT2D eigenvalue weighted by Crippen LogP contribution is -2.29. The van der Waals surface area contributed by atoms with Crippen LogP contribution in [0.1, 0.15) is 50.2 Å². The fourth-order valence-corrected chi connectivity index (χ4v) is 3.19. The number of hydrogen-bond donors (Lipinski definition) is 1. The summed E-state index contributed by atoms with van der Waals surface area (Å²) in [4.78, 5) is 0.452. The highest BCUT2D eigenvalue weighted by Gasteiger charge is 2.25. The Labute approximate surface area is 121 Å². The molecule has 0 heterocycles. The molecular weight excluding hydrogens is 254 g/mol. The van der Waals surface area contributed by atoms with Crippen LogP contribution in [0.4, 0.5) is 0 Å². The molecule has 0 amide bonds. The van der Waals surface area contributed by atoms with Crippen LogP contribution in [0.5, 0.6) is 5.75 Å². The first-order valence-corrected chi connectivity index (χ1v) is 7.59. The van der Waals surface area contributed by atoms with Gasteiger partial charge in [-0.15, -0.1) is 0 Å². The Kier molecular flexibility index (Phi) is 4.81. The van der Waals surface area contributed by atoms with E-state index in [1.165, 1.54) is 32.1 Å². The molecule has 19 heavy (non-hydrogen) atoms. The summed E-state index contributed by atoms with van der Waals surface area (Å²) >= 11 is 5.03. The van der Waals surface area contributed by atoms with E-state index in [2.05, 4.69) is 13.0 Å². The standard InChI is InChI=1S/C16H23NOS/c1-3-12-6-4-5-7-15(12)18-13-8-9-14(16(17)19)11(2)10-13/h8-10,12,15H,3-7H2,1-2H3,(H2,17,19). The van der Waals surface area contributed by atoms with Crippen molar-refractivity contribution in [1.82, 2.24) is 0 Å². The van der Waals surface area contributed by atoms with Gasteiger partial charge in [0.1, 0.15) is 16.8 Å². The molecule has 1 aromatic carbocycles. The van der Waals surface area contributed by atoms with Gasteiger partial charge in [-0.25, -0.2) is 0 Å². The zero-order valence-corrected chi connectivity index (χ0v) is 12.6. The molecule has 0 aromatic heterocycles. The zero-order chi connectivity index (χ0) is 13.8. The van der Waals surface area contributed by atoms with Gasteiger partial charge in [-0.3, -0.25) is 0 Å². The van der Waals surface area contributed by atoms with Crippen molar-refractivity contribution < 1.29 is 4.74 Å². The highest BCUT2D eigenvalue weighted by molar-refractivity contribution is 7.80. The van der Waals surface area contributed by atoms with Crippen LogP contribution in [-0.4, -0.2) is 11.1 Å². The Hall–Kier alpha value is -1.09. The van der Waals surface area contributed by atoms with Crippen LogP contribution in [0.2, 0.25) is 0 Å². The fourth-order valence-electron chi connectivity index (χ4n) is 2.96. The van der Waals surface area contributed by atoms with Crippen LogP contribution < -0.4 is 10.5 Å². The number of hydrogen-bond acceptors (Lipinski definition) is 2. The molecule has 0 aliphatic heterocycles. The number of aryl methyl sites for hydroxylation is 1. The predicted molar refractivity (Wildman–Crippen MR) is 83.7 cm³/mol. The summed E-state index contributed by atoms with van der Waals surface area (Å²) < 4.78 is 6.19. The second-order valence-electron chi connectivity index (χ2n) is 5.45. The first-order chi connectivity index (χ1) is 9.11.